The molecule has 0 saturated heterocycles. The number of thiophene rings is 2. The van der Waals surface area contributed by atoms with Crippen molar-refractivity contribution in [3.05, 3.63) is 83.9 Å². The van der Waals surface area contributed by atoms with E-state index in [0.717, 1.165) is 45.0 Å². The van der Waals surface area contributed by atoms with Gasteiger partial charge in [-0.25, -0.2) is 3.63 Å². The third-order valence-electron chi connectivity index (χ3n) is 9.27. The summed E-state index contributed by atoms with van der Waals surface area (Å²) in [5.41, 5.74) is 0.844. The lowest BCUT2D eigenvalue weighted by atomic mass is 9.70. The van der Waals surface area contributed by atoms with Gasteiger partial charge in [-0.3, -0.25) is 4.79 Å². The van der Waals surface area contributed by atoms with Crippen LogP contribution in [0.25, 0.3) is 0 Å². The molecule has 0 spiro atoms. The summed E-state index contributed by atoms with van der Waals surface area (Å²) < 4.78 is 43.9. The molecule has 2 fully saturated rings. The van der Waals surface area contributed by atoms with Gasteiger partial charge in [-0.2, -0.15) is 8.42 Å². The van der Waals surface area contributed by atoms with Crippen LogP contribution in [-0.4, -0.2) is 27.1 Å². The van der Waals surface area contributed by atoms with Crippen LogP contribution in [0.1, 0.15) is 44.2 Å². The Hall–Kier alpha value is -2.08. The van der Waals surface area contributed by atoms with Crippen LogP contribution in [0.5, 0.6) is 5.06 Å². The molecule has 2 atom stereocenters. The Bertz CT molecular complexity index is 1710. The molecule has 0 aliphatic heterocycles. The van der Waals surface area contributed by atoms with E-state index in [1.807, 2.05) is 86.6 Å². The van der Waals surface area contributed by atoms with Crippen molar-refractivity contribution < 1.29 is 21.6 Å². The monoisotopic (exact) mass is 672 g/mol. The van der Waals surface area contributed by atoms with Gasteiger partial charge in [0.1, 0.15) is 5.78 Å². The number of fused-ring (bicyclic) bond motifs is 2. The highest BCUT2D eigenvalue weighted by atomic mass is 32.3. The zero-order valence-corrected chi connectivity index (χ0v) is 29.0. The zero-order chi connectivity index (χ0) is 30.6. The first kappa shape index (κ1) is 30.9. The van der Waals surface area contributed by atoms with Gasteiger partial charge in [-0.05, 0) is 96.9 Å². The third kappa shape index (κ3) is 5.42. The quantitative estimate of drug-likeness (QED) is 0.167. The summed E-state index contributed by atoms with van der Waals surface area (Å²) >= 11 is 4.75. The molecule has 0 radical (unpaired) electrons. The van der Waals surface area contributed by atoms with Crippen LogP contribution in [0.2, 0.25) is 0 Å². The van der Waals surface area contributed by atoms with E-state index >= 15 is 0 Å². The van der Waals surface area contributed by atoms with Crippen LogP contribution < -0.4 is 4.74 Å². The van der Waals surface area contributed by atoms with E-state index in [1.54, 1.807) is 41.5 Å². The molecule has 0 N–H and O–H groups in total. The Balaban J connectivity index is 1.49. The molecule has 2 heterocycles. The van der Waals surface area contributed by atoms with Crippen LogP contribution in [-0.2, 0) is 18.5 Å². The summed E-state index contributed by atoms with van der Waals surface area (Å²) in [7, 11) is -5.25. The first-order valence-electron chi connectivity index (χ1n) is 14.2. The Morgan fingerprint density at radius 1 is 0.860 bits per heavy atom. The molecule has 2 aromatic heterocycles. The highest BCUT2D eigenvalue weighted by molar-refractivity contribution is 8.34. The van der Waals surface area contributed by atoms with Crippen molar-refractivity contribution in [3.63, 3.8) is 0 Å². The van der Waals surface area contributed by atoms with Gasteiger partial charge in [-0.1, -0.05) is 72.3 Å². The fourth-order valence-electron chi connectivity index (χ4n) is 6.61. The Kier molecular flexibility index (Phi) is 8.18. The molecule has 2 aliphatic carbocycles. The second-order valence-corrected chi connectivity index (χ2v) is 20.5. The summed E-state index contributed by atoms with van der Waals surface area (Å²) in [5, 5.41) is 0.839. The topological polar surface area (TPSA) is 69.7 Å². The number of ketones is 1. The number of rotatable bonds is 10. The summed E-state index contributed by atoms with van der Waals surface area (Å²) in [6, 6.07) is 24.0. The minimum absolute atomic E-state index is 0.0633. The molecule has 2 saturated carbocycles. The molecule has 228 valence electrons. The highest BCUT2D eigenvalue weighted by Gasteiger charge is 2.65. The van der Waals surface area contributed by atoms with Crippen LogP contribution in [0, 0.1) is 30.6 Å². The highest BCUT2D eigenvalue weighted by Crippen LogP contribution is 2.73. The van der Waals surface area contributed by atoms with Crippen LogP contribution >= 0.6 is 44.7 Å². The molecule has 4 aromatic rings. The molecular formula is C33H36O5S5. The molecule has 43 heavy (non-hydrogen) atoms. The number of benzene rings is 2. The first-order chi connectivity index (χ1) is 20.4. The first-order valence-corrected chi connectivity index (χ1v) is 19.8. The zero-order valence-electron chi connectivity index (χ0n) is 24.9. The van der Waals surface area contributed by atoms with Crippen molar-refractivity contribution in [1.82, 2.24) is 0 Å². The van der Waals surface area contributed by atoms with Crippen molar-refractivity contribution in [2.75, 3.05) is 12.9 Å². The van der Waals surface area contributed by atoms with E-state index in [0.29, 0.717) is 12.8 Å². The maximum Gasteiger partial charge on any atom is 0.278 e. The molecule has 2 unspecified atom stereocenters. The Morgan fingerprint density at radius 2 is 1.44 bits per heavy atom. The summed E-state index contributed by atoms with van der Waals surface area (Å²) in [6.45, 7) is 8.16. The molecular weight excluding hydrogens is 637 g/mol. The minimum atomic E-state index is -4.18. The van der Waals surface area contributed by atoms with E-state index in [1.165, 1.54) is 0 Å². The van der Waals surface area contributed by atoms with Gasteiger partial charge in [0.25, 0.3) is 10.1 Å². The number of aryl methyl sites for hydroxylation is 2. The molecule has 2 bridgehead atoms. The molecule has 2 aromatic carbocycles. The molecule has 2 aliphatic rings. The number of hydrogen-bond acceptors (Lipinski definition) is 8. The number of methoxy groups -OCH3 is 1. The van der Waals surface area contributed by atoms with Gasteiger partial charge < -0.3 is 4.74 Å². The van der Waals surface area contributed by atoms with E-state index < -0.39 is 25.8 Å². The molecule has 0 amide bonds. The van der Waals surface area contributed by atoms with Crippen molar-refractivity contribution in [2.45, 2.75) is 69.4 Å². The number of Topliss-reactive ketones (excluding diaryl/α,β-unsaturated/α-hetero) is 1. The normalized spacial score (nSPS) is 21.8. The number of hydrogen-bond donors (Lipinski definition) is 0. The second-order valence-electron chi connectivity index (χ2n) is 12.1. The Morgan fingerprint density at radius 3 is 1.95 bits per heavy atom. The summed E-state index contributed by atoms with van der Waals surface area (Å²) in [6.07, 6.45) is 1.92. The average Bonchev–Trinajstić information content (AvgIpc) is 3.71. The smallest absolute Gasteiger partial charge is 0.278 e. The van der Waals surface area contributed by atoms with Gasteiger partial charge >= 0.3 is 0 Å². The lowest BCUT2D eigenvalue weighted by Gasteiger charge is -2.41. The predicted molar refractivity (Wildman–Crippen MR) is 177 cm³/mol. The Labute approximate surface area is 268 Å². The van der Waals surface area contributed by atoms with Crippen LogP contribution in [0.4, 0.5) is 0 Å². The maximum atomic E-state index is 14.4. The fraction of sp³-hybridized carbons (Fsp3) is 0.364. The van der Waals surface area contributed by atoms with E-state index in [4.69, 9.17) is 8.37 Å². The average molecular weight is 673 g/mol. The number of ether oxygens (including phenoxy) is 1. The van der Waals surface area contributed by atoms with Gasteiger partial charge in [0.2, 0.25) is 0 Å². The van der Waals surface area contributed by atoms with Gasteiger partial charge in [0.05, 0.1) is 30.9 Å². The number of carbonyl (C=O) groups excluding carboxylic acids is 1. The standard InChI is InChI=1S/C33H36O5S5/c1-22-6-10-25(11-7-22)43(26-12-8-23(2)9-13-26,31-17-16-30(41-31)40-29-15-14-28(37-5)39-29)38-42(35,36)21-33-19-18-24(20-27(33)34)32(33,3)4/h6-17,24H,18-21H2,1-5H3. The van der Waals surface area contributed by atoms with Gasteiger partial charge in [0, 0.05) is 16.2 Å². The van der Waals surface area contributed by atoms with Gasteiger partial charge in [0.15, 0.2) is 5.06 Å². The van der Waals surface area contributed by atoms with Crippen molar-refractivity contribution in [1.29, 1.82) is 0 Å². The van der Waals surface area contributed by atoms with E-state index in [-0.39, 0.29) is 22.9 Å². The summed E-state index contributed by atoms with van der Waals surface area (Å²) in [4.78, 5) is 15.0. The van der Waals surface area contributed by atoms with Gasteiger partial charge in [-0.15, -0.1) is 11.3 Å². The SMILES string of the molecule is COc1ccc(Sc2ccc(S(OS(=O)(=O)CC34CCC(CC3=O)C4(C)C)(c3ccc(C)cc3)c3ccc(C)cc3)s2)s1. The molecule has 6 rings (SSSR count). The molecule has 5 nitrogen and oxygen atoms in total. The van der Waals surface area contributed by atoms with Crippen molar-refractivity contribution >= 4 is 60.6 Å². The lowest BCUT2D eigenvalue weighted by molar-refractivity contribution is -0.128. The second kappa shape index (κ2) is 11.4. The van der Waals surface area contributed by atoms with Crippen LogP contribution in [0.15, 0.2) is 95.2 Å². The molecule has 10 heteroatoms. The fourth-order valence-corrected chi connectivity index (χ4v) is 17.0. The van der Waals surface area contributed by atoms with E-state index in [2.05, 4.69) is 13.8 Å². The predicted octanol–water partition coefficient (Wildman–Crippen LogP) is 9.52. The van der Waals surface area contributed by atoms with Crippen molar-refractivity contribution in [3.8, 4) is 5.06 Å². The van der Waals surface area contributed by atoms with Crippen LogP contribution in [0.3, 0.4) is 0 Å². The summed E-state index contributed by atoms with van der Waals surface area (Å²) in [5.74, 6) is -0.0146. The maximum absolute atomic E-state index is 14.4. The third-order valence-corrected chi connectivity index (χ3v) is 18.5. The number of carbonyl (C=O) groups is 1. The largest absolute Gasteiger partial charge is 0.487 e. The van der Waals surface area contributed by atoms with Crippen molar-refractivity contribution in [2.24, 2.45) is 16.7 Å². The minimum Gasteiger partial charge on any atom is -0.487 e. The lowest BCUT2D eigenvalue weighted by Crippen LogP contribution is -2.42. The van der Waals surface area contributed by atoms with E-state index in [9.17, 15) is 13.2 Å².